The first kappa shape index (κ1) is 26.3. The topological polar surface area (TPSA) is 43.9 Å². The molecular formula is C43H27N3OS. The number of hydrogen-bond donors (Lipinski definition) is 0. The van der Waals surface area contributed by atoms with Gasteiger partial charge in [0.2, 0.25) is 5.71 Å². The molecule has 4 aromatic heterocycles. The maximum absolute atomic E-state index is 6.60. The lowest BCUT2D eigenvalue weighted by Gasteiger charge is -2.34. The molecule has 5 heteroatoms. The third kappa shape index (κ3) is 3.33. The van der Waals surface area contributed by atoms with Crippen LogP contribution in [-0.4, -0.2) is 14.5 Å². The van der Waals surface area contributed by atoms with Crippen molar-refractivity contribution in [3.8, 4) is 28.3 Å². The maximum atomic E-state index is 6.60. The highest BCUT2D eigenvalue weighted by Gasteiger charge is 2.37. The number of aromatic nitrogens is 3. The van der Waals surface area contributed by atoms with Crippen LogP contribution in [-0.2, 0) is 5.41 Å². The first-order valence-corrected chi connectivity index (χ1v) is 17.2. The quantitative estimate of drug-likeness (QED) is 0.190. The molecule has 0 aliphatic carbocycles. The number of thiophene rings is 1. The highest BCUT2D eigenvalue weighted by molar-refractivity contribution is 7.26. The molecular weight excluding hydrogens is 607 g/mol. The van der Waals surface area contributed by atoms with E-state index in [1.165, 1.54) is 47.6 Å². The van der Waals surface area contributed by atoms with Crippen LogP contribution < -0.4 is 0 Å². The second-order valence-electron chi connectivity index (χ2n) is 13.4. The Balaban J connectivity index is 1.17. The van der Waals surface area contributed by atoms with Gasteiger partial charge in [0.1, 0.15) is 5.58 Å². The van der Waals surface area contributed by atoms with Gasteiger partial charge in [-0.1, -0.05) is 105 Å². The molecule has 0 atom stereocenters. The van der Waals surface area contributed by atoms with Crippen molar-refractivity contribution in [2.24, 2.45) is 0 Å². The van der Waals surface area contributed by atoms with Gasteiger partial charge in [-0.15, -0.1) is 11.3 Å². The predicted molar refractivity (Wildman–Crippen MR) is 200 cm³/mol. The number of rotatable bonds is 2. The molecule has 10 aromatic rings. The van der Waals surface area contributed by atoms with Crippen molar-refractivity contribution in [1.29, 1.82) is 0 Å². The molecule has 0 amide bonds. The van der Waals surface area contributed by atoms with E-state index in [1.807, 2.05) is 17.4 Å². The van der Waals surface area contributed by atoms with E-state index in [2.05, 4.69) is 140 Å². The summed E-state index contributed by atoms with van der Waals surface area (Å²) in [5.74, 6) is 0.728. The fourth-order valence-electron chi connectivity index (χ4n) is 8.13. The second kappa shape index (κ2) is 9.18. The van der Waals surface area contributed by atoms with E-state index in [-0.39, 0.29) is 5.41 Å². The van der Waals surface area contributed by atoms with Gasteiger partial charge in [0.15, 0.2) is 5.82 Å². The van der Waals surface area contributed by atoms with Crippen LogP contribution in [0, 0.1) is 0 Å². The molecule has 0 radical (unpaired) electrons. The average molecular weight is 634 g/mol. The lowest BCUT2D eigenvalue weighted by Crippen LogP contribution is -2.26. The number of benzene rings is 6. The number of nitrogens with zero attached hydrogens (tertiary/aromatic N) is 3. The standard InChI is InChI=1S/C43H27N3OS/c1-43(2)31-17-10-15-29-37-28-13-4-7-19-35(28)47-42(37)46(39(29)31)34-22-21-24(23-32(34)43)41-44-33-18-6-3-12-27(33)38(45-41)30-16-9-14-26-25-11-5-8-20-36(25)48-40(26)30/h3-23H,1-2H3. The van der Waals surface area contributed by atoms with Gasteiger partial charge >= 0.3 is 0 Å². The number of hydrogen-bond acceptors (Lipinski definition) is 4. The minimum Gasteiger partial charge on any atom is -0.439 e. The van der Waals surface area contributed by atoms with Gasteiger partial charge in [-0.25, -0.2) is 9.97 Å². The summed E-state index contributed by atoms with van der Waals surface area (Å²) in [5, 5.41) is 7.16. The number of fused-ring (bicyclic) bond motifs is 11. The highest BCUT2D eigenvalue weighted by atomic mass is 32.1. The molecule has 1 aliphatic heterocycles. The van der Waals surface area contributed by atoms with Crippen molar-refractivity contribution in [1.82, 2.24) is 14.5 Å². The molecule has 0 spiro atoms. The van der Waals surface area contributed by atoms with Gasteiger partial charge in [0.05, 0.1) is 27.8 Å². The zero-order valence-electron chi connectivity index (χ0n) is 26.3. The van der Waals surface area contributed by atoms with E-state index in [0.29, 0.717) is 0 Å². The summed E-state index contributed by atoms with van der Waals surface area (Å²) < 4.78 is 11.5. The van der Waals surface area contributed by atoms with E-state index in [1.54, 1.807) is 0 Å². The van der Waals surface area contributed by atoms with Gasteiger partial charge in [0.25, 0.3) is 0 Å². The Morgan fingerprint density at radius 3 is 2.31 bits per heavy atom. The van der Waals surface area contributed by atoms with Gasteiger partial charge in [0, 0.05) is 52.9 Å². The van der Waals surface area contributed by atoms with E-state index >= 15 is 0 Å². The summed E-state index contributed by atoms with van der Waals surface area (Å²) in [6.07, 6.45) is 0. The van der Waals surface area contributed by atoms with Crippen molar-refractivity contribution in [3.63, 3.8) is 0 Å². The zero-order chi connectivity index (χ0) is 31.7. The second-order valence-corrected chi connectivity index (χ2v) is 14.4. The van der Waals surface area contributed by atoms with E-state index in [9.17, 15) is 0 Å². The van der Waals surface area contributed by atoms with Crippen LogP contribution >= 0.6 is 11.3 Å². The molecule has 48 heavy (non-hydrogen) atoms. The third-order valence-electron chi connectivity index (χ3n) is 10.4. The van der Waals surface area contributed by atoms with Crippen LogP contribution in [0.2, 0.25) is 0 Å². The Morgan fingerprint density at radius 2 is 1.40 bits per heavy atom. The normalized spacial score (nSPS) is 13.8. The summed E-state index contributed by atoms with van der Waals surface area (Å²) in [4.78, 5) is 10.6. The van der Waals surface area contributed by atoms with Gasteiger partial charge in [-0.3, -0.25) is 4.57 Å². The van der Waals surface area contributed by atoms with Crippen LogP contribution in [0.15, 0.2) is 132 Å². The van der Waals surface area contributed by atoms with Crippen LogP contribution in [0.1, 0.15) is 25.0 Å². The summed E-state index contributed by atoms with van der Waals surface area (Å²) >= 11 is 1.83. The Kier molecular flexibility index (Phi) is 5.03. The van der Waals surface area contributed by atoms with Crippen molar-refractivity contribution in [3.05, 3.63) is 139 Å². The average Bonchev–Trinajstić information content (AvgIpc) is 3.79. The molecule has 0 unspecified atom stereocenters. The molecule has 0 bridgehead atoms. The largest absolute Gasteiger partial charge is 0.439 e. The molecule has 0 saturated heterocycles. The fourth-order valence-corrected chi connectivity index (χ4v) is 9.35. The van der Waals surface area contributed by atoms with E-state index in [0.717, 1.165) is 55.9 Å². The molecule has 4 nitrogen and oxygen atoms in total. The Hall–Kier alpha value is -5.78. The summed E-state index contributed by atoms with van der Waals surface area (Å²) in [7, 11) is 0. The van der Waals surface area contributed by atoms with Gasteiger partial charge in [-0.05, 0) is 47.5 Å². The SMILES string of the molecule is CC1(C)c2cc(-c3nc(-c4cccc5c4sc4ccccc45)c4ccccc4n3)ccc2-n2c3oc4ccccc4c3c3cccc1c32. The van der Waals surface area contributed by atoms with Crippen LogP contribution in [0.4, 0.5) is 0 Å². The molecule has 0 N–H and O–H groups in total. The minimum atomic E-state index is -0.255. The molecule has 11 rings (SSSR count). The van der Waals surface area contributed by atoms with Crippen LogP contribution in [0.25, 0.3) is 92.4 Å². The van der Waals surface area contributed by atoms with E-state index < -0.39 is 0 Å². The van der Waals surface area contributed by atoms with Crippen molar-refractivity contribution in [2.75, 3.05) is 0 Å². The molecule has 0 fully saturated rings. The molecule has 226 valence electrons. The Labute approximate surface area is 279 Å². The predicted octanol–water partition coefficient (Wildman–Crippen LogP) is 11.8. The lowest BCUT2D eigenvalue weighted by atomic mass is 9.74. The van der Waals surface area contributed by atoms with Crippen LogP contribution in [0.5, 0.6) is 0 Å². The lowest BCUT2D eigenvalue weighted by molar-refractivity contribution is 0.612. The molecule has 1 aliphatic rings. The third-order valence-corrected chi connectivity index (χ3v) is 11.6. The first-order valence-electron chi connectivity index (χ1n) is 16.3. The smallest absolute Gasteiger partial charge is 0.213 e. The summed E-state index contributed by atoms with van der Waals surface area (Å²) in [5.41, 5.74) is 10.5. The summed E-state index contributed by atoms with van der Waals surface area (Å²) in [6, 6.07) is 45.4. The maximum Gasteiger partial charge on any atom is 0.213 e. The Morgan fingerprint density at radius 1 is 0.646 bits per heavy atom. The number of furan rings is 1. The van der Waals surface area contributed by atoms with Gasteiger partial charge < -0.3 is 4.42 Å². The zero-order valence-corrected chi connectivity index (χ0v) is 27.1. The van der Waals surface area contributed by atoms with Crippen molar-refractivity contribution >= 4 is 75.4 Å². The molecule has 0 saturated carbocycles. The van der Waals surface area contributed by atoms with Crippen LogP contribution in [0.3, 0.4) is 0 Å². The highest BCUT2D eigenvalue weighted by Crippen LogP contribution is 2.50. The minimum absolute atomic E-state index is 0.255. The van der Waals surface area contributed by atoms with Crippen molar-refractivity contribution in [2.45, 2.75) is 19.3 Å². The first-order chi connectivity index (χ1) is 23.6. The fraction of sp³-hybridized carbons (Fsp3) is 0.0698. The summed E-state index contributed by atoms with van der Waals surface area (Å²) in [6.45, 7) is 4.66. The van der Waals surface area contributed by atoms with Crippen molar-refractivity contribution < 1.29 is 4.42 Å². The molecule has 5 heterocycles. The van der Waals surface area contributed by atoms with E-state index in [4.69, 9.17) is 14.4 Å². The number of para-hydroxylation sites is 3. The monoisotopic (exact) mass is 633 g/mol. The molecule has 6 aromatic carbocycles. The Bertz CT molecular complexity index is 2990. The van der Waals surface area contributed by atoms with Gasteiger partial charge in [-0.2, -0.15) is 0 Å².